The summed E-state index contributed by atoms with van der Waals surface area (Å²) >= 11 is 0. The van der Waals surface area contributed by atoms with E-state index in [1.807, 2.05) is 0 Å². The number of halogens is 4. The fourth-order valence-corrected chi connectivity index (χ4v) is 4.76. The molecule has 4 aromatic rings. The number of ether oxygens (including phenoxy) is 1. The Bertz CT molecular complexity index is 1480. The molecule has 0 amide bonds. The van der Waals surface area contributed by atoms with Crippen LogP contribution in [0.15, 0.2) is 73.2 Å². The van der Waals surface area contributed by atoms with Gasteiger partial charge in [0.2, 0.25) is 0 Å². The topological polar surface area (TPSA) is 90.1 Å². The van der Waals surface area contributed by atoms with Gasteiger partial charge in [-0.15, -0.1) is 0 Å². The van der Waals surface area contributed by atoms with E-state index in [-0.39, 0.29) is 34.5 Å². The smallest absolute Gasteiger partial charge is 0.422 e. The molecule has 40 heavy (non-hydrogen) atoms. The average molecular weight is 551 g/mol. The predicted molar refractivity (Wildman–Crippen MR) is 144 cm³/mol. The molecular formula is C29H26F4N6O. The first kappa shape index (κ1) is 27.2. The van der Waals surface area contributed by atoms with Gasteiger partial charge in [0.25, 0.3) is 0 Å². The van der Waals surface area contributed by atoms with Crippen LogP contribution in [0.3, 0.4) is 0 Å². The van der Waals surface area contributed by atoms with E-state index in [4.69, 9.17) is 10.5 Å². The van der Waals surface area contributed by atoms with E-state index in [0.717, 1.165) is 12.5 Å². The van der Waals surface area contributed by atoms with E-state index < -0.39 is 17.6 Å². The molecule has 2 N–H and O–H groups in total. The van der Waals surface area contributed by atoms with E-state index in [1.165, 1.54) is 30.7 Å². The number of hydrogen-bond acceptors (Lipinski definition) is 7. The molecule has 2 aromatic carbocycles. The van der Waals surface area contributed by atoms with Crippen molar-refractivity contribution in [3.05, 3.63) is 90.1 Å². The van der Waals surface area contributed by atoms with Gasteiger partial charge in [0.05, 0.1) is 23.8 Å². The van der Waals surface area contributed by atoms with E-state index in [2.05, 4.69) is 20.2 Å². The first-order chi connectivity index (χ1) is 19.3. The highest BCUT2D eigenvalue weighted by Gasteiger charge is 2.41. The lowest BCUT2D eigenvalue weighted by atomic mass is 9.95. The minimum Gasteiger partial charge on any atom is -0.457 e. The van der Waals surface area contributed by atoms with Gasteiger partial charge in [-0.25, -0.2) is 14.4 Å². The van der Waals surface area contributed by atoms with Crippen LogP contribution in [0.2, 0.25) is 0 Å². The van der Waals surface area contributed by atoms with Crippen molar-refractivity contribution in [3.63, 3.8) is 0 Å². The van der Waals surface area contributed by atoms with Crippen LogP contribution in [0.4, 0.5) is 23.2 Å². The van der Waals surface area contributed by atoms with Crippen LogP contribution in [0, 0.1) is 5.92 Å². The fraction of sp³-hybridized carbons (Fsp3) is 0.241. The average Bonchev–Trinajstić information content (AvgIpc) is 2.98. The van der Waals surface area contributed by atoms with Gasteiger partial charge in [0.15, 0.2) is 11.7 Å². The molecule has 7 nitrogen and oxygen atoms in total. The molecule has 0 aliphatic carbocycles. The van der Waals surface area contributed by atoms with E-state index in [0.29, 0.717) is 37.3 Å². The van der Waals surface area contributed by atoms with Gasteiger partial charge < -0.3 is 15.4 Å². The summed E-state index contributed by atoms with van der Waals surface area (Å²) in [6.45, 7) is 0.998. The number of rotatable bonds is 7. The van der Waals surface area contributed by atoms with Gasteiger partial charge in [-0.1, -0.05) is 18.2 Å². The number of benzene rings is 2. The number of aromatic nitrogens is 4. The number of hydrogen-bond donors (Lipinski definition) is 1. The lowest BCUT2D eigenvalue weighted by Gasteiger charge is -2.36. The Balaban J connectivity index is 1.63. The maximum absolute atomic E-state index is 15.6. The summed E-state index contributed by atoms with van der Waals surface area (Å²) in [7, 11) is 0. The van der Waals surface area contributed by atoms with Crippen molar-refractivity contribution in [1.82, 2.24) is 20.2 Å². The second kappa shape index (κ2) is 11.8. The molecule has 1 atom stereocenters. The Morgan fingerprint density at radius 2 is 1.88 bits per heavy atom. The first-order valence-corrected chi connectivity index (χ1v) is 12.7. The summed E-state index contributed by atoms with van der Waals surface area (Å²) in [4.78, 5) is 9.88. The zero-order valence-corrected chi connectivity index (χ0v) is 21.4. The molecule has 0 saturated carbocycles. The van der Waals surface area contributed by atoms with Crippen LogP contribution in [-0.2, 0) is 6.18 Å². The van der Waals surface area contributed by atoms with Crippen LogP contribution in [0.1, 0.15) is 29.8 Å². The second-order valence-electron chi connectivity index (χ2n) is 9.37. The molecule has 1 saturated heterocycles. The number of alkyl halides is 3. The highest BCUT2D eigenvalue weighted by atomic mass is 19.4. The lowest BCUT2D eigenvalue weighted by Crippen LogP contribution is -2.39. The normalized spacial score (nSPS) is 16.2. The standard InChI is InChI=1S/C29H26F4N6O/c30-23(28-35-12-11-24(38-28)21-10-13-36-37-17-21)15-20-8-9-25(40-22-6-2-1-3-7-22)26(29(31,32)33)27(20)39-14-4-5-19(16-34)18-39/h1-3,6-13,15,17,19H,4-5,14,16,18,34H2/b23-15-. The van der Waals surface area contributed by atoms with Crippen molar-refractivity contribution in [1.29, 1.82) is 0 Å². The molecular weight excluding hydrogens is 524 g/mol. The van der Waals surface area contributed by atoms with Crippen molar-refractivity contribution >= 4 is 17.6 Å². The van der Waals surface area contributed by atoms with E-state index >= 15 is 4.39 Å². The number of anilines is 1. The summed E-state index contributed by atoms with van der Waals surface area (Å²) in [6, 6.07) is 14.1. The van der Waals surface area contributed by atoms with Crippen LogP contribution < -0.4 is 15.4 Å². The Labute approximate surface area is 228 Å². The molecule has 2 aromatic heterocycles. The first-order valence-electron chi connectivity index (χ1n) is 12.7. The van der Waals surface area contributed by atoms with Crippen LogP contribution in [-0.4, -0.2) is 39.8 Å². The number of nitrogens with two attached hydrogens (primary N) is 1. The largest absolute Gasteiger partial charge is 0.457 e. The third kappa shape index (κ3) is 6.09. The number of para-hydroxylation sites is 1. The minimum absolute atomic E-state index is 0.00388. The molecule has 5 rings (SSSR count). The zero-order chi connectivity index (χ0) is 28.1. The SMILES string of the molecule is NCC1CCCN(c2c(/C=C(\F)c3nccc(-c4ccnnc4)n3)ccc(Oc3ccccc3)c2C(F)(F)F)C1. The molecule has 0 radical (unpaired) electrons. The Morgan fingerprint density at radius 3 is 2.60 bits per heavy atom. The maximum atomic E-state index is 15.6. The third-order valence-electron chi connectivity index (χ3n) is 6.63. The van der Waals surface area contributed by atoms with Crippen LogP contribution in [0.5, 0.6) is 11.5 Å². The molecule has 1 unspecified atom stereocenters. The van der Waals surface area contributed by atoms with Crippen molar-refractivity contribution < 1.29 is 22.3 Å². The Morgan fingerprint density at radius 1 is 1.05 bits per heavy atom. The van der Waals surface area contributed by atoms with E-state index in [1.54, 1.807) is 47.4 Å². The molecule has 0 spiro atoms. The highest BCUT2D eigenvalue weighted by Crippen LogP contribution is 2.47. The predicted octanol–water partition coefficient (Wildman–Crippen LogP) is 6.39. The molecule has 1 aliphatic heterocycles. The highest BCUT2D eigenvalue weighted by molar-refractivity contribution is 5.83. The van der Waals surface area contributed by atoms with Crippen molar-refractivity contribution in [2.24, 2.45) is 11.7 Å². The lowest BCUT2D eigenvalue weighted by molar-refractivity contribution is -0.138. The number of piperidine rings is 1. The molecule has 3 heterocycles. The minimum atomic E-state index is -4.79. The summed E-state index contributed by atoms with van der Waals surface area (Å²) in [6.07, 6.45) is 2.02. The van der Waals surface area contributed by atoms with E-state index in [9.17, 15) is 13.2 Å². The van der Waals surface area contributed by atoms with Crippen LogP contribution >= 0.6 is 0 Å². The zero-order valence-electron chi connectivity index (χ0n) is 21.4. The molecule has 1 aliphatic rings. The van der Waals surface area contributed by atoms with Gasteiger partial charge in [-0.3, -0.25) is 0 Å². The van der Waals surface area contributed by atoms with Gasteiger partial charge >= 0.3 is 6.18 Å². The quantitative estimate of drug-likeness (QED) is 0.267. The monoisotopic (exact) mass is 550 g/mol. The summed E-state index contributed by atoms with van der Waals surface area (Å²) in [5.74, 6) is -1.27. The molecule has 206 valence electrons. The van der Waals surface area contributed by atoms with Crippen molar-refractivity contribution in [3.8, 4) is 22.8 Å². The Hall–Kier alpha value is -4.38. The summed E-state index contributed by atoms with van der Waals surface area (Å²) < 4.78 is 65.6. The molecule has 0 bridgehead atoms. The molecule has 1 fully saturated rings. The van der Waals surface area contributed by atoms with Gasteiger partial charge in [0, 0.05) is 30.4 Å². The van der Waals surface area contributed by atoms with Crippen molar-refractivity contribution in [2.45, 2.75) is 19.0 Å². The van der Waals surface area contributed by atoms with Gasteiger partial charge in [0.1, 0.15) is 17.1 Å². The maximum Gasteiger partial charge on any atom is 0.422 e. The van der Waals surface area contributed by atoms with Gasteiger partial charge in [-0.2, -0.15) is 23.4 Å². The Kier molecular flexibility index (Phi) is 8.01. The fourth-order valence-electron chi connectivity index (χ4n) is 4.76. The van der Waals surface area contributed by atoms with Gasteiger partial charge in [-0.05, 0) is 67.8 Å². The van der Waals surface area contributed by atoms with Crippen molar-refractivity contribution in [2.75, 3.05) is 24.5 Å². The second-order valence-corrected chi connectivity index (χ2v) is 9.37. The number of nitrogens with zero attached hydrogens (tertiary/aromatic N) is 5. The summed E-state index contributed by atoms with van der Waals surface area (Å²) in [5, 5.41) is 7.52. The third-order valence-corrected chi connectivity index (χ3v) is 6.63. The summed E-state index contributed by atoms with van der Waals surface area (Å²) in [5.41, 5.74) is 5.76. The van der Waals surface area contributed by atoms with Crippen LogP contribution in [0.25, 0.3) is 23.2 Å². The molecule has 11 heteroatoms.